The number of rotatable bonds is 8. The zero-order chi connectivity index (χ0) is 19.9. The first-order chi connectivity index (χ1) is 14.3. The van der Waals surface area contributed by atoms with Gasteiger partial charge in [-0.15, -0.1) is 11.3 Å². The van der Waals surface area contributed by atoms with E-state index in [0.717, 1.165) is 44.6 Å². The number of hydrogen-bond donors (Lipinski definition) is 2. The number of hydrogen-bond acceptors (Lipinski definition) is 5. The lowest BCUT2D eigenvalue weighted by Gasteiger charge is -2.34. The Labute approximate surface area is 177 Å². The number of piperidine rings is 1. The standard InChI is InChI=1S/C23H32N4OS/c28-23(14-18-4-1-2-5-18)26-20-6-3-7-22(15-20)27-12-9-19(10-13-27)24-11-8-21-16-29-17-25-21/h3,6-7,15-19,24H,1-2,4-5,8-14H2,(H,26,28). The van der Waals surface area contributed by atoms with Gasteiger partial charge in [-0.2, -0.15) is 0 Å². The maximum Gasteiger partial charge on any atom is 0.224 e. The first kappa shape index (κ1) is 20.4. The SMILES string of the molecule is O=C(CC1CCCC1)Nc1cccc(N2CCC(NCCc3cscn3)CC2)c1. The summed E-state index contributed by atoms with van der Waals surface area (Å²) < 4.78 is 0. The number of anilines is 2. The molecule has 2 aromatic rings. The third-order valence-electron chi connectivity index (χ3n) is 6.24. The largest absolute Gasteiger partial charge is 0.371 e. The molecule has 2 aliphatic rings. The lowest BCUT2D eigenvalue weighted by molar-refractivity contribution is -0.117. The van der Waals surface area contributed by atoms with Crippen LogP contribution in [0.25, 0.3) is 0 Å². The van der Waals surface area contributed by atoms with Crippen molar-refractivity contribution >= 4 is 28.6 Å². The van der Waals surface area contributed by atoms with Gasteiger partial charge in [0.1, 0.15) is 0 Å². The lowest BCUT2D eigenvalue weighted by atomic mass is 10.0. The fraction of sp³-hybridized carbons (Fsp3) is 0.565. The van der Waals surface area contributed by atoms with Crippen molar-refractivity contribution in [2.24, 2.45) is 5.92 Å². The molecule has 1 aromatic heterocycles. The molecular formula is C23H32N4OS. The smallest absolute Gasteiger partial charge is 0.224 e. The van der Waals surface area contributed by atoms with Crippen molar-refractivity contribution in [3.8, 4) is 0 Å². The van der Waals surface area contributed by atoms with E-state index >= 15 is 0 Å². The van der Waals surface area contributed by atoms with Crippen LogP contribution in [0.2, 0.25) is 0 Å². The Kier molecular flexibility index (Phi) is 7.17. The normalized spacial score (nSPS) is 18.3. The molecule has 156 valence electrons. The van der Waals surface area contributed by atoms with Gasteiger partial charge in [0.25, 0.3) is 0 Å². The van der Waals surface area contributed by atoms with Crippen LogP contribution in [0.1, 0.15) is 50.6 Å². The van der Waals surface area contributed by atoms with Crippen LogP contribution in [-0.4, -0.2) is 36.6 Å². The molecule has 1 saturated carbocycles. The van der Waals surface area contributed by atoms with Crippen LogP contribution in [0.3, 0.4) is 0 Å². The Balaban J connectivity index is 1.22. The molecular weight excluding hydrogens is 380 g/mol. The highest BCUT2D eigenvalue weighted by molar-refractivity contribution is 7.07. The lowest BCUT2D eigenvalue weighted by Crippen LogP contribution is -2.43. The highest BCUT2D eigenvalue weighted by Crippen LogP contribution is 2.28. The van der Waals surface area contributed by atoms with Gasteiger partial charge >= 0.3 is 0 Å². The summed E-state index contributed by atoms with van der Waals surface area (Å²) in [4.78, 5) is 19.1. The van der Waals surface area contributed by atoms with E-state index in [9.17, 15) is 4.79 Å². The van der Waals surface area contributed by atoms with Gasteiger partial charge in [-0.05, 0) is 49.8 Å². The zero-order valence-electron chi connectivity index (χ0n) is 17.1. The Hall–Kier alpha value is -1.92. The third kappa shape index (κ3) is 6.03. The molecule has 2 heterocycles. The second-order valence-corrected chi connectivity index (χ2v) is 9.12. The Morgan fingerprint density at radius 2 is 2.00 bits per heavy atom. The summed E-state index contributed by atoms with van der Waals surface area (Å²) in [5.41, 5.74) is 5.23. The highest BCUT2D eigenvalue weighted by atomic mass is 32.1. The van der Waals surface area contributed by atoms with E-state index in [1.54, 1.807) is 11.3 Å². The van der Waals surface area contributed by atoms with Gasteiger partial charge in [-0.3, -0.25) is 4.79 Å². The van der Waals surface area contributed by atoms with Gasteiger partial charge in [-0.25, -0.2) is 4.98 Å². The van der Waals surface area contributed by atoms with Crippen molar-refractivity contribution in [3.63, 3.8) is 0 Å². The van der Waals surface area contributed by atoms with Crippen LogP contribution in [0, 0.1) is 5.92 Å². The van der Waals surface area contributed by atoms with E-state index < -0.39 is 0 Å². The molecule has 4 rings (SSSR count). The average Bonchev–Trinajstić information content (AvgIpc) is 3.43. The average molecular weight is 413 g/mol. The molecule has 0 radical (unpaired) electrons. The first-order valence-corrected chi connectivity index (χ1v) is 12.0. The van der Waals surface area contributed by atoms with Crippen LogP contribution in [-0.2, 0) is 11.2 Å². The van der Waals surface area contributed by atoms with E-state index in [0.29, 0.717) is 18.4 Å². The molecule has 2 N–H and O–H groups in total. The van der Waals surface area contributed by atoms with Gasteiger partial charge in [-0.1, -0.05) is 18.9 Å². The molecule has 5 nitrogen and oxygen atoms in total. The van der Waals surface area contributed by atoms with Crippen molar-refractivity contribution in [1.29, 1.82) is 0 Å². The zero-order valence-corrected chi connectivity index (χ0v) is 17.9. The predicted molar refractivity (Wildman–Crippen MR) is 121 cm³/mol. The summed E-state index contributed by atoms with van der Waals surface area (Å²) in [6, 6.07) is 8.92. The molecule has 29 heavy (non-hydrogen) atoms. The Bertz CT molecular complexity index is 765. The highest BCUT2D eigenvalue weighted by Gasteiger charge is 2.20. The Morgan fingerprint density at radius 3 is 2.76 bits per heavy atom. The van der Waals surface area contributed by atoms with Crippen LogP contribution < -0.4 is 15.5 Å². The quantitative estimate of drug-likeness (QED) is 0.672. The van der Waals surface area contributed by atoms with Crippen molar-refractivity contribution in [2.45, 2.75) is 57.4 Å². The fourth-order valence-corrected chi connectivity index (χ4v) is 5.17. The van der Waals surface area contributed by atoms with Crippen LogP contribution in [0.15, 0.2) is 35.2 Å². The van der Waals surface area contributed by atoms with Crippen molar-refractivity contribution in [3.05, 3.63) is 40.8 Å². The third-order valence-corrected chi connectivity index (χ3v) is 6.87. The molecule has 1 aliphatic carbocycles. The molecule has 2 fully saturated rings. The van der Waals surface area contributed by atoms with E-state index in [1.165, 1.54) is 37.1 Å². The monoisotopic (exact) mass is 412 g/mol. The first-order valence-electron chi connectivity index (χ1n) is 11.0. The summed E-state index contributed by atoms with van der Waals surface area (Å²) in [6.45, 7) is 3.10. The van der Waals surface area contributed by atoms with Gasteiger partial charge < -0.3 is 15.5 Å². The van der Waals surface area contributed by atoms with Crippen molar-refractivity contribution < 1.29 is 4.79 Å². The summed E-state index contributed by atoms with van der Waals surface area (Å²) in [5.74, 6) is 0.747. The second-order valence-electron chi connectivity index (χ2n) is 8.40. The maximum atomic E-state index is 12.3. The molecule has 0 atom stereocenters. The molecule has 1 amide bonds. The molecule has 0 spiro atoms. The number of thiazole rings is 1. The molecule has 6 heteroatoms. The molecule has 1 saturated heterocycles. The molecule has 1 aromatic carbocycles. The number of amides is 1. The van der Waals surface area contributed by atoms with Crippen LogP contribution in [0.5, 0.6) is 0 Å². The summed E-state index contributed by atoms with van der Waals surface area (Å²) >= 11 is 1.66. The fourth-order valence-electron chi connectivity index (χ4n) is 4.58. The number of benzene rings is 1. The van der Waals surface area contributed by atoms with Crippen molar-refractivity contribution in [2.75, 3.05) is 29.9 Å². The van der Waals surface area contributed by atoms with Gasteiger partial charge in [0.05, 0.1) is 11.2 Å². The van der Waals surface area contributed by atoms with Crippen LogP contribution >= 0.6 is 11.3 Å². The summed E-state index contributed by atoms with van der Waals surface area (Å²) in [5, 5.41) is 8.93. The van der Waals surface area contributed by atoms with Crippen molar-refractivity contribution in [1.82, 2.24) is 10.3 Å². The minimum Gasteiger partial charge on any atom is -0.371 e. The molecule has 0 bridgehead atoms. The topological polar surface area (TPSA) is 57.3 Å². The predicted octanol–water partition coefficient (Wildman–Crippen LogP) is 4.46. The maximum absolute atomic E-state index is 12.3. The van der Waals surface area contributed by atoms with Gasteiger partial charge in [0, 0.05) is 55.3 Å². The van der Waals surface area contributed by atoms with E-state index in [1.807, 2.05) is 11.6 Å². The van der Waals surface area contributed by atoms with E-state index in [4.69, 9.17) is 0 Å². The Morgan fingerprint density at radius 1 is 1.17 bits per heavy atom. The summed E-state index contributed by atoms with van der Waals surface area (Å²) in [7, 11) is 0. The van der Waals surface area contributed by atoms with Gasteiger partial charge in [0.2, 0.25) is 5.91 Å². The number of carbonyl (C=O) groups is 1. The number of nitrogens with one attached hydrogen (secondary N) is 2. The minimum atomic E-state index is 0.164. The minimum absolute atomic E-state index is 0.164. The number of nitrogens with zero attached hydrogens (tertiary/aromatic N) is 2. The number of carbonyl (C=O) groups excluding carboxylic acids is 1. The second kappa shape index (κ2) is 10.2. The number of aromatic nitrogens is 1. The van der Waals surface area contributed by atoms with E-state index in [-0.39, 0.29) is 5.91 Å². The molecule has 0 unspecified atom stereocenters. The molecule has 1 aliphatic heterocycles. The van der Waals surface area contributed by atoms with Crippen LogP contribution in [0.4, 0.5) is 11.4 Å². The van der Waals surface area contributed by atoms with Gasteiger partial charge in [0.15, 0.2) is 0 Å². The summed E-state index contributed by atoms with van der Waals surface area (Å²) in [6.07, 6.45) is 8.95. The van der Waals surface area contributed by atoms with E-state index in [2.05, 4.69) is 44.1 Å².